The number of carbonyl (C=O) groups is 1. The number of nitrogens with zero attached hydrogens (tertiary/aromatic N) is 3. The summed E-state index contributed by atoms with van der Waals surface area (Å²) in [6.45, 7) is 1.02. The Morgan fingerprint density at radius 2 is 1.83 bits per heavy atom. The molecule has 146 valence electrons. The van der Waals surface area contributed by atoms with E-state index < -0.39 is 6.67 Å². The third kappa shape index (κ3) is 4.01. The molecule has 2 heterocycles. The van der Waals surface area contributed by atoms with Gasteiger partial charge in [-0.05, 0) is 29.2 Å². The van der Waals surface area contributed by atoms with Gasteiger partial charge in [-0.15, -0.1) is 0 Å². The molecule has 1 N–H and O–H groups in total. The van der Waals surface area contributed by atoms with E-state index in [1.54, 1.807) is 29.0 Å². The molecule has 0 aliphatic heterocycles. The fourth-order valence-electron chi connectivity index (χ4n) is 3.48. The molecule has 1 amide bonds. The highest BCUT2D eigenvalue weighted by Crippen LogP contribution is 2.27. The Bertz CT molecular complexity index is 1120. The molecule has 0 bridgehead atoms. The quantitative estimate of drug-likeness (QED) is 0.536. The third-order valence-corrected chi connectivity index (χ3v) is 4.87. The van der Waals surface area contributed by atoms with E-state index >= 15 is 0 Å². The van der Waals surface area contributed by atoms with Crippen molar-refractivity contribution in [2.45, 2.75) is 26.1 Å². The van der Waals surface area contributed by atoms with Gasteiger partial charge in [-0.1, -0.05) is 54.6 Å². The van der Waals surface area contributed by atoms with Gasteiger partial charge in [0.2, 0.25) is 5.91 Å². The van der Waals surface area contributed by atoms with E-state index in [0.717, 1.165) is 22.4 Å². The van der Waals surface area contributed by atoms with Crippen LogP contribution in [-0.4, -0.2) is 20.5 Å². The maximum atomic E-state index is 12.8. The molecule has 4 rings (SSSR count). The summed E-state index contributed by atoms with van der Waals surface area (Å²) in [5.41, 5.74) is 5.07. The number of alkyl halides is 1. The average Bonchev–Trinajstić information content (AvgIpc) is 3.18. The fourth-order valence-corrected chi connectivity index (χ4v) is 3.48. The van der Waals surface area contributed by atoms with Gasteiger partial charge < -0.3 is 5.32 Å². The number of fused-ring (bicyclic) bond motifs is 1. The maximum Gasteiger partial charge on any atom is 0.217 e. The summed E-state index contributed by atoms with van der Waals surface area (Å²) in [5.74, 6) is -0.106. The molecule has 4 aromatic rings. The zero-order valence-corrected chi connectivity index (χ0v) is 16.0. The van der Waals surface area contributed by atoms with Crippen LogP contribution in [0.15, 0.2) is 73.1 Å². The smallest absolute Gasteiger partial charge is 0.217 e. The molecule has 0 aliphatic rings. The highest BCUT2D eigenvalue weighted by atomic mass is 19.1. The van der Waals surface area contributed by atoms with E-state index in [9.17, 15) is 9.18 Å². The number of aromatic nitrogens is 3. The van der Waals surface area contributed by atoms with Gasteiger partial charge in [-0.3, -0.25) is 4.79 Å². The summed E-state index contributed by atoms with van der Waals surface area (Å²) in [7, 11) is 0. The lowest BCUT2D eigenvalue weighted by Crippen LogP contribution is -2.29. The summed E-state index contributed by atoms with van der Waals surface area (Å²) >= 11 is 0. The monoisotopic (exact) mass is 388 g/mol. The van der Waals surface area contributed by atoms with Gasteiger partial charge in [0.15, 0.2) is 5.65 Å². The number of halogens is 1. The molecular weight excluding hydrogens is 367 g/mol. The lowest BCUT2D eigenvalue weighted by atomic mass is 10.0. The van der Waals surface area contributed by atoms with Gasteiger partial charge in [-0.25, -0.2) is 13.9 Å². The second-order valence-electron chi connectivity index (χ2n) is 6.94. The highest BCUT2D eigenvalue weighted by molar-refractivity contribution is 5.77. The van der Waals surface area contributed by atoms with Gasteiger partial charge in [0.05, 0.1) is 17.9 Å². The minimum absolute atomic E-state index is 0.106. The average molecular weight is 388 g/mol. The van der Waals surface area contributed by atoms with E-state index in [-0.39, 0.29) is 11.9 Å². The minimum atomic E-state index is -0.491. The predicted molar refractivity (Wildman–Crippen MR) is 110 cm³/mol. The van der Waals surface area contributed by atoms with Crippen LogP contribution in [0.4, 0.5) is 4.39 Å². The molecular formula is C23H21FN4O. The van der Waals surface area contributed by atoms with Crippen LogP contribution in [0.5, 0.6) is 0 Å². The second kappa shape index (κ2) is 8.22. The van der Waals surface area contributed by atoms with E-state index in [1.807, 2.05) is 48.5 Å². The summed E-state index contributed by atoms with van der Waals surface area (Å²) in [6, 6.07) is 18.9. The third-order valence-electron chi connectivity index (χ3n) is 4.87. The van der Waals surface area contributed by atoms with E-state index in [0.29, 0.717) is 17.6 Å². The maximum absolute atomic E-state index is 12.8. The van der Waals surface area contributed by atoms with Crippen LogP contribution in [0, 0.1) is 0 Å². The first-order valence-corrected chi connectivity index (χ1v) is 9.44. The van der Waals surface area contributed by atoms with Crippen LogP contribution in [0.25, 0.3) is 16.8 Å². The Hall–Kier alpha value is -3.54. The zero-order chi connectivity index (χ0) is 20.2. The summed E-state index contributed by atoms with van der Waals surface area (Å²) in [5, 5.41) is 7.57. The molecule has 0 aliphatic carbocycles. The molecule has 2 aromatic carbocycles. The van der Waals surface area contributed by atoms with Crippen molar-refractivity contribution < 1.29 is 9.18 Å². The molecule has 0 spiro atoms. The number of amides is 1. The summed E-state index contributed by atoms with van der Waals surface area (Å²) < 4.78 is 14.6. The number of nitrogens with one attached hydrogen (secondary N) is 1. The topological polar surface area (TPSA) is 59.3 Å². The predicted octanol–water partition coefficient (Wildman–Crippen LogP) is 4.29. The van der Waals surface area contributed by atoms with Gasteiger partial charge in [-0.2, -0.15) is 5.10 Å². The van der Waals surface area contributed by atoms with Crippen molar-refractivity contribution in [3.05, 3.63) is 89.9 Å². The normalized spacial score (nSPS) is 12.1. The Morgan fingerprint density at radius 1 is 1.07 bits per heavy atom. The van der Waals surface area contributed by atoms with Crippen LogP contribution in [0.2, 0.25) is 0 Å². The molecule has 0 unspecified atom stereocenters. The zero-order valence-electron chi connectivity index (χ0n) is 16.0. The van der Waals surface area contributed by atoms with Gasteiger partial charge in [0.1, 0.15) is 6.67 Å². The fraction of sp³-hybridized carbons (Fsp3) is 0.174. The minimum Gasteiger partial charge on any atom is -0.348 e. The Balaban J connectivity index is 1.75. The standard InChI is InChI=1S/C23H21FN4O/c1-16(29)27-21(13-17-5-3-2-4-6-17)22-11-12-25-23-20(15-26-28(22)23)19-9-7-18(14-24)8-10-19/h2-12,15,21H,13-14H2,1H3,(H,27,29)/t21-/m1/s1. The van der Waals surface area contributed by atoms with Crippen LogP contribution >= 0.6 is 0 Å². The van der Waals surface area contributed by atoms with Gasteiger partial charge >= 0.3 is 0 Å². The van der Waals surface area contributed by atoms with Crippen LogP contribution in [0.3, 0.4) is 0 Å². The first-order chi connectivity index (χ1) is 14.2. The molecule has 0 fully saturated rings. The van der Waals surface area contributed by atoms with E-state index in [1.165, 1.54) is 6.92 Å². The first-order valence-electron chi connectivity index (χ1n) is 9.44. The van der Waals surface area contributed by atoms with Crippen LogP contribution in [0.1, 0.15) is 29.8 Å². The van der Waals surface area contributed by atoms with E-state index in [2.05, 4.69) is 15.4 Å². The summed E-state index contributed by atoms with van der Waals surface area (Å²) in [6.07, 6.45) is 4.12. The van der Waals surface area contributed by atoms with Crippen molar-refractivity contribution >= 4 is 11.6 Å². The largest absolute Gasteiger partial charge is 0.348 e. The van der Waals surface area contributed by atoms with E-state index in [4.69, 9.17) is 0 Å². The van der Waals surface area contributed by atoms with Crippen LogP contribution in [-0.2, 0) is 17.9 Å². The van der Waals surface area contributed by atoms with Crippen molar-refractivity contribution in [3.8, 4) is 11.1 Å². The van der Waals surface area contributed by atoms with Crippen molar-refractivity contribution in [2.75, 3.05) is 0 Å². The Kier molecular flexibility index (Phi) is 5.33. The molecule has 29 heavy (non-hydrogen) atoms. The van der Waals surface area contributed by atoms with Crippen molar-refractivity contribution in [1.29, 1.82) is 0 Å². The molecule has 6 heteroatoms. The number of carbonyl (C=O) groups excluding carboxylic acids is 1. The van der Waals surface area contributed by atoms with Crippen molar-refractivity contribution in [2.24, 2.45) is 0 Å². The molecule has 0 saturated heterocycles. The number of benzene rings is 2. The Morgan fingerprint density at radius 3 is 2.52 bits per heavy atom. The summed E-state index contributed by atoms with van der Waals surface area (Å²) in [4.78, 5) is 16.4. The molecule has 0 radical (unpaired) electrons. The number of hydrogen-bond donors (Lipinski definition) is 1. The van der Waals surface area contributed by atoms with Crippen molar-refractivity contribution in [3.63, 3.8) is 0 Å². The SMILES string of the molecule is CC(=O)N[C@H](Cc1ccccc1)c1ccnc2c(-c3ccc(CF)cc3)cnn12. The van der Waals surface area contributed by atoms with Gasteiger partial charge in [0, 0.05) is 18.7 Å². The molecule has 1 atom stereocenters. The van der Waals surface area contributed by atoms with Crippen LogP contribution < -0.4 is 5.32 Å². The number of rotatable bonds is 6. The lowest BCUT2D eigenvalue weighted by Gasteiger charge is -2.19. The van der Waals surface area contributed by atoms with Gasteiger partial charge in [0.25, 0.3) is 0 Å². The highest BCUT2D eigenvalue weighted by Gasteiger charge is 2.19. The Labute approximate surface area is 168 Å². The molecule has 0 saturated carbocycles. The molecule has 2 aromatic heterocycles. The number of hydrogen-bond acceptors (Lipinski definition) is 3. The lowest BCUT2D eigenvalue weighted by molar-refractivity contribution is -0.119. The molecule has 5 nitrogen and oxygen atoms in total. The van der Waals surface area contributed by atoms with Crippen molar-refractivity contribution in [1.82, 2.24) is 19.9 Å². The first kappa shape index (κ1) is 18.8. The second-order valence-corrected chi connectivity index (χ2v) is 6.94.